The molecule has 0 bridgehead atoms. The minimum atomic E-state index is -2.23. The van der Waals surface area contributed by atoms with Gasteiger partial charge in [0, 0.05) is 44.1 Å². The first kappa shape index (κ1) is 62.4. The van der Waals surface area contributed by atoms with E-state index in [-0.39, 0.29) is 30.6 Å². The largest absolute Gasteiger partial charge is 0.508 e. The number of benzene rings is 1. The molecule has 23 nitrogen and oxygen atoms in total. The zero-order chi connectivity index (χ0) is 55.8. The second kappa shape index (κ2) is 29.4. The number of hydrogen-bond acceptors (Lipinski definition) is 17. The summed E-state index contributed by atoms with van der Waals surface area (Å²) in [4.78, 5) is 112. The highest BCUT2D eigenvalue weighted by atomic mass is 16.3. The fourth-order valence-corrected chi connectivity index (χ4v) is 10.5. The van der Waals surface area contributed by atoms with Crippen molar-refractivity contribution in [2.75, 3.05) is 6.54 Å². The number of hydrogen-bond donors (Lipinski definition) is 14. The van der Waals surface area contributed by atoms with Crippen LogP contribution >= 0.6 is 0 Å². The van der Waals surface area contributed by atoms with E-state index >= 15 is 0 Å². The molecule has 3 aliphatic rings. The van der Waals surface area contributed by atoms with Gasteiger partial charge in [-0.15, -0.1) is 0 Å². The molecular formula is C52H82N6O17. The Morgan fingerprint density at radius 3 is 1.99 bits per heavy atom. The van der Waals surface area contributed by atoms with Crippen molar-refractivity contribution < 1.29 is 84.3 Å². The number of aromatic hydroxyl groups is 1. The van der Waals surface area contributed by atoms with Crippen molar-refractivity contribution in [3.63, 3.8) is 0 Å². The summed E-state index contributed by atoms with van der Waals surface area (Å²) in [5, 5.41) is 108. The van der Waals surface area contributed by atoms with Crippen LogP contribution in [0, 0.1) is 29.6 Å². The Balaban J connectivity index is 1.69. The van der Waals surface area contributed by atoms with Gasteiger partial charge in [0.1, 0.15) is 47.9 Å². The first-order valence-corrected chi connectivity index (χ1v) is 26.4. The number of carbonyl (C=O) groups excluding carboxylic acids is 8. The third-order valence-electron chi connectivity index (χ3n) is 15.0. The lowest BCUT2D eigenvalue weighted by Gasteiger charge is -2.33. The predicted octanol–water partition coefficient (Wildman–Crippen LogP) is -1.26. The summed E-state index contributed by atoms with van der Waals surface area (Å²) in [5.74, 6) is -12.6. The van der Waals surface area contributed by atoms with Crippen LogP contribution in [-0.2, 0) is 38.4 Å². The van der Waals surface area contributed by atoms with Crippen molar-refractivity contribution in [1.82, 2.24) is 26.2 Å². The fourth-order valence-electron chi connectivity index (χ4n) is 10.5. The molecule has 1 aliphatic carbocycles. The lowest BCUT2D eigenvalue weighted by Crippen LogP contribution is -2.60. The number of amides is 6. The SMILES string of the molecule is CCC(C)CC(C)CCCCCCCCC(=O)N[C@H]1C[C@@H](O)[C@@H](O)NC(=O)[C@@H]2C[C@@H](O)CN2C(=O)[C@H](C(O)CC(N)=O)NC(=O)C(C(O)C(O)c2ccc(O)cc2)CC(=O)[C@@H]2C[C@@H](O)CC2C(=O)[C@H](C(C)O)NC1=O. The second-order valence-corrected chi connectivity index (χ2v) is 21.3. The number of nitrogens with zero attached hydrogens (tertiary/aromatic N) is 1. The van der Waals surface area contributed by atoms with Crippen molar-refractivity contribution in [2.45, 2.75) is 204 Å². The molecule has 0 aromatic heterocycles. The van der Waals surface area contributed by atoms with Gasteiger partial charge in [-0.05, 0) is 62.1 Å². The zero-order valence-electron chi connectivity index (χ0n) is 43.5. The van der Waals surface area contributed by atoms with Crippen LogP contribution in [0.4, 0.5) is 0 Å². The Morgan fingerprint density at radius 2 is 1.36 bits per heavy atom. The number of phenolic OH excluding ortho intramolecular Hbond substituents is 1. The average Bonchev–Trinajstić information content (AvgIpc) is 3.95. The van der Waals surface area contributed by atoms with E-state index < -0.39 is 170 Å². The van der Waals surface area contributed by atoms with Gasteiger partial charge in [0.25, 0.3) is 0 Å². The monoisotopic (exact) mass is 1060 g/mol. The smallest absolute Gasteiger partial charge is 0.248 e. The number of unbranched alkanes of at least 4 members (excludes halogenated alkanes) is 5. The van der Waals surface area contributed by atoms with Gasteiger partial charge in [-0.25, -0.2) is 0 Å². The van der Waals surface area contributed by atoms with Crippen LogP contribution in [0.25, 0.3) is 0 Å². The van der Waals surface area contributed by atoms with Gasteiger partial charge in [-0.1, -0.05) is 77.8 Å². The number of aliphatic hydroxyl groups excluding tert-OH is 8. The molecule has 0 radical (unpaired) electrons. The molecule has 1 aromatic rings. The standard InChI is InChI=1S/C52H82N6O17/c1-5-26(2)18-27(3)12-10-8-6-7-9-11-13-42(67)54-36-23-40(65)51(74)57-50(73)37-21-32(62)25-58(37)52(75)44(39(64)24-41(53)66)56-48(71)35(47(70)45(68)29-14-16-30(60)17-15-29)22-38(63)33-19-31(61)20-34(33)46(69)43(28(4)59)55-49(36)72/h14-17,26-28,31-37,39-40,43-45,47,51,59-62,64-65,68,70,74H,5-13,18-25H2,1-4H3,(H2,53,66)(H,54,67)(H,55,72)(H,56,71)(H,57,73)/t26?,27?,28?,31-,32-,33-,34?,35?,36+,37+,39?,40-,43+,44+,45?,47?,51-/m1/s1. The lowest BCUT2D eigenvalue weighted by atomic mass is 9.80. The van der Waals surface area contributed by atoms with Crippen LogP contribution in [-0.4, -0.2) is 171 Å². The van der Waals surface area contributed by atoms with Gasteiger partial charge in [0.05, 0.1) is 42.9 Å². The van der Waals surface area contributed by atoms with Gasteiger partial charge in [0.2, 0.25) is 35.4 Å². The highest BCUT2D eigenvalue weighted by Gasteiger charge is 2.49. The summed E-state index contributed by atoms with van der Waals surface area (Å²) in [6, 6.07) is -2.75. The van der Waals surface area contributed by atoms with E-state index in [4.69, 9.17) is 5.73 Å². The van der Waals surface area contributed by atoms with E-state index in [9.17, 15) is 84.3 Å². The minimum absolute atomic E-state index is 0.0599. The number of nitrogens with one attached hydrogen (secondary N) is 4. The fraction of sp³-hybridized carbons (Fsp3) is 0.731. The van der Waals surface area contributed by atoms with Crippen molar-refractivity contribution in [2.24, 2.45) is 35.3 Å². The maximum atomic E-state index is 14.5. The predicted molar refractivity (Wildman–Crippen MR) is 268 cm³/mol. The lowest BCUT2D eigenvalue weighted by molar-refractivity contribution is -0.148. The summed E-state index contributed by atoms with van der Waals surface area (Å²) in [7, 11) is 0. The van der Waals surface area contributed by atoms with Crippen LogP contribution in [0.1, 0.15) is 142 Å². The zero-order valence-corrected chi connectivity index (χ0v) is 43.5. The van der Waals surface area contributed by atoms with E-state index in [1.807, 2.05) is 0 Å². The maximum Gasteiger partial charge on any atom is 0.248 e. The molecule has 23 heteroatoms. The van der Waals surface area contributed by atoms with E-state index in [0.717, 1.165) is 57.6 Å². The number of ketones is 2. The molecule has 75 heavy (non-hydrogen) atoms. The molecule has 17 atom stereocenters. The highest BCUT2D eigenvalue weighted by Crippen LogP contribution is 2.38. The molecule has 6 amide bonds. The van der Waals surface area contributed by atoms with E-state index in [1.165, 1.54) is 18.6 Å². The summed E-state index contributed by atoms with van der Waals surface area (Å²) >= 11 is 0. The van der Waals surface area contributed by atoms with Gasteiger partial charge >= 0.3 is 0 Å². The second-order valence-electron chi connectivity index (χ2n) is 21.3. The highest BCUT2D eigenvalue weighted by molar-refractivity contribution is 5.99. The Labute approximate surface area is 437 Å². The van der Waals surface area contributed by atoms with Gasteiger partial charge in [0.15, 0.2) is 12.0 Å². The average molecular weight is 1060 g/mol. The van der Waals surface area contributed by atoms with E-state index in [1.54, 1.807) is 0 Å². The number of primary amides is 1. The summed E-state index contributed by atoms with van der Waals surface area (Å²) in [6.07, 6.45) is -10.7. The molecule has 422 valence electrons. The Morgan fingerprint density at radius 1 is 0.747 bits per heavy atom. The van der Waals surface area contributed by atoms with E-state index in [0.29, 0.717) is 29.6 Å². The molecular weight excluding hydrogens is 981 g/mol. The Kier molecular flexibility index (Phi) is 24.5. The number of rotatable bonds is 20. The molecule has 3 fully saturated rings. The minimum Gasteiger partial charge on any atom is -0.508 e. The van der Waals surface area contributed by atoms with Crippen LogP contribution in [0.3, 0.4) is 0 Å². The van der Waals surface area contributed by atoms with Gasteiger partial charge in [-0.2, -0.15) is 0 Å². The van der Waals surface area contributed by atoms with Crippen LogP contribution in [0.5, 0.6) is 5.75 Å². The number of nitrogens with two attached hydrogens (primary N) is 1. The Bertz CT molecular complexity index is 2100. The molecule has 2 saturated heterocycles. The number of phenols is 1. The maximum absolute atomic E-state index is 14.5. The van der Waals surface area contributed by atoms with Gasteiger partial charge < -0.3 is 77.9 Å². The number of aliphatic hydroxyl groups is 8. The molecule has 1 aromatic carbocycles. The summed E-state index contributed by atoms with van der Waals surface area (Å²) < 4.78 is 0. The Hall–Kier alpha value is -5.14. The normalized spacial score (nSPS) is 30.1. The number of Topliss-reactive ketones (excluding diaryl/α,β-unsaturated/α-hetero) is 2. The topological polar surface area (TPSA) is 396 Å². The molecule has 4 rings (SSSR count). The van der Waals surface area contributed by atoms with Crippen LogP contribution < -0.4 is 27.0 Å². The van der Waals surface area contributed by atoms with Crippen molar-refractivity contribution in [1.29, 1.82) is 0 Å². The number of fused-ring (bicyclic) bond motifs is 2. The third-order valence-corrected chi connectivity index (χ3v) is 15.0. The third kappa shape index (κ3) is 18.3. The quantitative estimate of drug-likeness (QED) is 0.0678. The molecule has 0 spiro atoms. The first-order valence-electron chi connectivity index (χ1n) is 26.4. The molecule has 2 aliphatic heterocycles. The van der Waals surface area contributed by atoms with Crippen molar-refractivity contribution >= 4 is 47.0 Å². The summed E-state index contributed by atoms with van der Waals surface area (Å²) in [6.45, 7) is 7.23. The van der Waals surface area contributed by atoms with Crippen molar-refractivity contribution in [3.05, 3.63) is 29.8 Å². The summed E-state index contributed by atoms with van der Waals surface area (Å²) in [5.41, 5.74) is 5.28. The number of carbonyl (C=O) groups is 8. The van der Waals surface area contributed by atoms with Gasteiger partial charge in [-0.3, -0.25) is 38.4 Å². The molecule has 2 heterocycles. The van der Waals surface area contributed by atoms with Crippen LogP contribution in [0.2, 0.25) is 0 Å². The van der Waals surface area contributed by atoms with Crippen molar-refractivity contribution in [3.8, 4) is 5.75 Å². The molecule has 8 unspecified atom stereocenters. The molecule has 15 N–H and O–H groups in total. The molecule has 1 saturated carbocycles. The van der Waals surface area contributed by atoms with E-state index in [2.05, 4.69) is 42.0 Å². The first-order chi connectivity index (χ1) is 35.3. The van der Waals surface area contributed by atoms with Crippen LogP contribution in [0.15, 0.2) is 24.3 Å².